The van der Waals surface area contributed by atoms with Crippen LogP contribution in [0.25, 0.3) is 6.08 Å². The maximum atomic E-state index is 12.0. The van der Waals surface area contributed by atoms with Crippen molar-refractivity contribution in [2.24, 2.45) is 0 Å². The van der Waals surface area contributed by atoms with Gasteiger partial charge in [-0.3, -0.25) is 4.79 Å². The molecule has 0 saturated heterocycles. The van der Waals surface area contributed by atoms with Gasteiger partial charge in [-0.1, -0.05) is 45.7 Å². The van der Waals surface area contributed by atoms with Gasteiger partial charge in [-0.25, -0.2) is 0 Å². The number of benzene rings is 2. The molecule has 0 radical (unpaired) electrons. The van der Waals surface area contributed by atoms with Gasteiger partial charge in [-0.2, -0.15) is 0 Å². The summed E-state index contributed by atoms with van der Waals surface area (Å²) in [6.45, 7) is 0. The van der Waals surface area contributed by atoms with Gasteiger partial charge < -0.3 is 5.11 Å². The molecule has 0 bridgehead atoms. The first-order chi connectivity index (χ1) is 9.08. The van der Waals surface area contributed by atoms with Gasteiger partial charge in [0.25, 0.3) is 0 Å². The highest BCUT2D eigenvalue weighted by molar-refractivity contribution is 9.10. The van der Waals surface area contributed by atoms with E-state index in [1.54, 1.807) is 24.3 Å². The Balaban J connectivity index is 2.26. The number of allylic oxidation sites excluding steroid dienone is 1. The number of halogens is 2. The van der Waals surface area contributed by atoms with Crippen molar-refractivity contribution in [2.45, 2.75) is 0 Å². The van der Waals surface area contributed by atoms with Crippen molar-refractivity contribution in [3.63, 3.8) is 0 Å². The zero-order chi connectivity index (χ0) is 13.8. The minimum Gasteiger partial charge on any atom is -0.507 e. The van der Waals surface area contributed by atoms with E-state index in [9.17, 15) is 9.90 Å². The molecule has 0 amide bonds. The number of hydrogen-bond donors (Lipinski definition) is 1. The fraction of sp³-hybridized carbons (Fsp3) is 0. The normalized spacial score (nSPS) is 10.8. The number of rotatable bonds is 3. The van der Waals surface area contributed by atoms with Crippen molar-refractivity contribution in [3.05, 3.63) is 69.2 Å². The highest BCUT2D eigenvalue weighted by Crippen LogP contribution is 2.23. The average Bonchev–Trinajstić information content (AvgIpc) is 2.40. The lowest BCUT2D eigenvalue weighted by Crippen LogP contribution is -1.94. The average molecular weight is 338 g/mol. The van der Waals surface area contributed by atoms with E-state index < -0.39 is 0 Å². The lowest BCUT2D eigenvalue weighted by Gasteiger charge is -2.01. The minimum atomic E-state index is -0.279. The van der Waals surface area contributed by atoms with Crippen LogP contribution in [0.2, 0.25) is 5.02 Å². The highest BCUT2D eigenvalue weighted by atomic mass is 79.9. The summed E-state index contributed by atoms with van der Waals surface area (Å²) in [5, 5.41) is 10.2. The van der Waals surface area contributed by atoms with E-state index in [1.165, 1.54) is 12.1 Å². The summed E-state index contributed by atoms with van der Waals surface area (Å²) in [6.07, 6.45) is 3.02. The Morgan fingerprint density at radius 1 is 1.21 bits per heavy atom. The van der Waals surface area contributed by atoms with Crippen LogP contribution in [0, 0.1) is 0 Å². The number of phenols is 1. The standard InChI is InChI=1S/C15H10BrClO2/c16-11-6-8-15(19)12(9-11)14(18)7-5-10-3-1-2-4-13(10)17/h1-9,19H. The van der Waals surface area contributed by atoms with E-state index in [-0.39, 0.29) is 17.1 Å². The van der Waals surface area contributed by atoms with Crippen LogP contribution in [0.3, 0.4) is 0 Å². The molecule has 0 aromatic heterocycles. The second-order valence-corrected chi connectivity index (χ2v) is 5.20. The molecular weight excluding hydrogens is 328 g/mol. The first-order valence-corrected chi connectivity index (χ1v) is 6.70. The maximum absolute atomic E-state index is 12.0. The molecule has 4 heteroatoms. The van der Waals surface area contributed by atoms with Crippen LogP contribution >= 0.6 is 27.5 Å². The monoisotopic (exact) mass is 336 g/mol. The van der Waals surface area contributed by atoms with Gasteiger partial charge in [0.2, 0.25) is 0 Å². The first kappa shape index (κ1) is 13.8. The zero-order valence-electron chi connectivity index (χ0n) is 9.81. The van der Waals surface area contributed by atoms with Crippen molar-refractivity contribution >= 4 is 39.4 Å². The van der Waals surface area contributed by atoms with Gasteiger partial charge >= 0.3 is 0 Å². The molecule has 0 fully saturated rings. The van der Waals surface area contributed by atoms with Crippen LogP contribution in [-0.4, -0.2) is 10.9 Å². The Morgan fingerprint density at radius 2 is 1.95 bits per heavy atom. The summed E-state index contributed by atoms with van der Waals surface area (Å²) in [6, 6.07) is 11.9. The summed E-state index contributed by atoms with van der Waals surface area (Å²) >= 11 is 9.25. The quantitative estimate of drug-likeness (QED) is 0.651. The third-order valence-electron chi connectivity index (χ3n) is 2.54. The summed E-state index contributed by atoms with van der Waals surface area (Å²) in [4.78, 5) is 12.0. The smallest absolute Gasteiger partial charge is 0.189 e. The molecule has 1 N–H and O–H groups in total. The van der Waals surface area contributed by atoms with Crippen molar-refractivity contribution in [1.29, 1.82) is 0 Å². The lowest BCUT2D eigenvalue weighted by molar-refractivity contribution is 0.104. The van der Waals surface area contributed by atoms with E-state index >= 15 is 0 Å². The molecule has 2 nitrogen and oxygen atoms in total. The van der Waals surface area contributed by atoms with Gasteiger partial charge in [0.1, 0.15) is 5.75 Å². The number of carbonyl (C=O) groups is 1. The SMILES string of the molecule is O=C(C=Cc1ccccc1Cl)c1cc(Br)ccc1O. The van der Waals surface area contributed by atoms with E-state index in [2.05, 4.69) is 15.9 Å². The van der Waals surface area contributed by atoms with Crippen LogP contribution in [0.5, 0.6) is 5.75 Å². The Bertz CT molecular complexity index is 650. The van der Waals surface area contributed by atoms with Crippen LogP contribution in [0.15, 0.2) is 53.0 Å². The molecule has 0 saturated carbocycles. The van der Waals surface area contributed by atoms with Crippen LogP contribution < -0.4 is 0 Å². The third kappa shape index (κ3) is 3.46. The number of phenolic OH excluding ortho intramolecular Hbond substituents is 1. The van der Waals surface area contributed by atoms with E-state index in [0.29, 0.717) is 5.02 Å². The molecule has 0 unspecified atom stereocenters. The van der Waals surface area contributed by atoms with E-state index in [0.717, 1.165) is 10.0 Å². The molecule has 0 heterocycles. The van der Waals surface area contributed by atoms with E-state index in [1.807, 2.05) is 18.2 Å². The molecular formula is C15H10BrClO2. The van der Waals surface area contributed by atoms with Gasteiger partial charge in [-0.15, -0.1) is 0 Å². The Hall–Kier alpha value is -1.58. The van der Waals surface area contributed by atoms with Gasteiger partial charge in [0.05, 0.1) is 5.56 Å². The van der Waals surface area contributed by atoms with Gasteiger partial charge in [-0.05, 0) is 42.0 Å². The van der Waals surface area contributed by atoms with Crippen LogP contribution in [0.4, 0.5) is 0 Å². The van der Waals surface area contributed by atoms with Crippen LogP contribution in [-0.2, 0) is 0 Å². The number of carbonyl (C=O) groups excluding carboxylic acids is 1. The molecule has 2 rings (SSSR count). The fourth-order valence-electron chi connectivity index (χ4n) is 1.57. The van der Waals surface area contributed by atoms with Crippen molar-refractivity contribution in [2.75, 3.05) is 0 Å². The molecule has 0 aliphatic carbocycles. The Morgan fingerprint density at radius 3 is 2.68 bits per heavy atom. The first-order valence-electron chi connectivity index (χ1n) is 5.53. The Kier molecular flexibility index (Phi) is 4.40. The minimum absolute atomic E-state index is 0.0444. The van der Waals surface area contributed by atoms with Gasteiger partial charge in [0.15, 0.2) is 5.78 Å². The van der Waals surface area contributed by atoms with E-state index in [4.69, 9.17) is 11.6 Å². The summed E-state index contributed by atoms with van der Waals surface area (Å²) in [7, 11) is 0. The zero-order valence-corrected chi connectivity index (χ0v) is 12.1. The summed E-state index contributed by atoms with van der Waals surface area (Å²) in [5.74, 6) is -0.323. The predicted octanol–water partition coefficient (Wildman–Crippen LogP) is 4.70. The van der Waals surface area contributed by atoms with Crippen molar-refractivity contribution in [3.8, 4) is 5.75 Å². The number of aromatic hydroxyl groups is 1. The number of ketones is 1. The van der Waals surface area contributed by atoms with Crippen molar-refractivity contribution < 1.29 is 9.90 Å². The summed E-state index contributed by atoms with van der Waals surface area (Å²) < 4.78 is 0.736. The molecule has 0 atom stereocenters. The second-order valence-electron chi connectivity index (χ2n) is 3.88. The third-order valence-corrected chi connectivity index (χ3v) is 3.38. The largest absolute Gasteiger partial charge is 0.507 e. The topological polar surface area (TPSA) is 37.3 Å². The molecule has 19 heavy (non-hydrogen) atoms. The summed E-state index contributed by atoms with van der Waals surface area (Å²) in [5.41, 5.74) is 1.00. The van der Waals surface area contributed by atoms with Crippen molar-refractivity contribution in [1.82, 2.24) is 0 Å². The molecule has 2 aromatic carbocycles. The fourth-order valence-corrected chi connectivity index (χ4v) is 2.13. The predicted molar refractivity (Wildman–Crippen MR) is 80.6 cm³/mol. The molecule has 0 aliphatic heterocycles. The lowest BCUT2D eigenvalue weighted by atomic mass is 10.1. The number of hydrogen-bond acceptors (Lipinski definition) is 2. The molecule has 0 aliphatic rings. The second kappa shape index (κ2) is 6.04. The van der Waals surface area contributed by atoms with Crippen LogP contribution in [0.1, 0.15) is 15.9 Å². The molecule has 96 valence electrons. The van der Waals surface area contributed by atoms with Gasteiger partial charge in [0, 0.05) is 9.50 Å². The molecule has 2 aromatic rings. The highest BCUT2D eigenvalue weighted by Gasteiger charge is 2.08. The molecule has 0 spiro atoms. The Labute approximate surface area is 124 Å². The maximum Gasteiger partial charge on any atom is 0.189 e.